The van der Waals surface area contributed by atoms with Crippen molar-refractivity contribution in [2.75, 3.05) is 0 Å². The quantitative estimate of drug-likeness (QED) is 0.894. The molecule has 1 N–H and O–H groups in total. The van der Waals surface area contributed by atoms with Gasteiger partial charge in [-0.3, -0.25) is 4.98 Å². The van der Waals surface area contributed by atoms with Crippen molar-refractivity contribution in [3.05, 3.63) is 51.2 Å². The van der Waals surface area contributed by atoms with E-state index in [2.05, 4.69) is 4.98 Å². The second-order valence-electron chi connectivity index (χ2n) is 3.47. The first-order valence-electron chi connectivity index (χ1n) is 4.83. The van der Waals surface area contributed by atoms with Crippen molar-refractivity contribution in [1.29, 1.82) is 0 Å². The molecule has 92 valence electrons. The Kier molecular flexibility index (Phi) is 3.76. The molecule has 0 aliphatic heterocycles. The third-order valence-electron chi connectivity index (χ3n) is 2.33. The van der Waals surface area contributed by atoms with Gasteiger partial charge in [0, 0.05) is 28.5 Å². The normalized spacial score (nSPS) is 10.4. The molecule has 1 aromatic heterocycles. The van der Waals surface area contributed by atoms with Gasteiger partial charge in [-0.05, 0) is 18.2 Å². The highest BCUT2D eigenvalue weighted by Gasteiger charge is 2.17. The molecule has 0 saturated carbocycles. The smallest absolute Gasteiger partial charge is 0.336 e. The van der Waals surface area contributed by atoms with Crippen molar-refractivity contribution < 1.29 is 9.90 Å². The number of carboxylic acid groups (broad SMARTS) is 1. The number of hydrogen-bond acceptors (Lipinski definition) is 2. The van der Waals surface area contributed by atoms with Gasteiger partial charge in [-0.15, -0.1) is 0 Å². The molecule has 2 aromatic rings. The van der Waals surface area contributed by atoms with E-state index in [4.69, 9.17) is 39.9 Å². The molecule has 0 saturated heterocycles. The van der Waals surface area contributed by atoms with Crippen molar-refractivity contribution in [2.24, 2.45) is 0 Å². The van der Waals surface area contributed by atoms with Gasteiger partial charge in [0.25, 0.3) is 0 Å². The van der Waals surface area contributed by atoms with E-state index in [-0.39, 0.29) is 15.6 Å². The van der Waals surface area contributed by atoms with Gasteiger partial charge >= 0.3 is 5.97 Å². The van der Waals surface area contributed by atoms with Crippen LogP contribution in [0.1, 0.15) is 10.4 Å². The molecule has 6 heteroatoms. The zero-order chi connectivity index (χ0) is 13.3. The molecule has 1 heterocycles. The summed E-state index contributed by atoms with van der Waals surface area (Å²) >= 11 is 17.9. The lowest BCUT2D eigenvalue weighted by Gasteiger charge is -2.10. The minimum Gasteiger partial charge on any atom is -0.478 e. The molecule has 0 fully saturated rings. The Morgan fingerprint density at radius 2 is 1.78 bits per heavy atom. The predicted molar refractivity (Wildman–Crippen MR) is 71.7 cm³/mol. The monoisotopic (exact) mass is 301 g/mol. The van der Waals surface area contributed by atoms with Gasteiger partial charge in [-0.25, -0.2) is 4.79 Å². The Labute approximate surface area is 118 Å². The first kappa shape index (κ1) is 13.1. The lowest BCUT2D eigenvalue weighted by Crippen LogP contribution is -2.00. The molecule has 1 aromatic carbocycles. The average molecular weight is 303 g/mol. The van der Waals surface area contributed by atoms with Gasteiger partial charge in [0.05, 0.1) is 15.6 Å². The zero-order valence-electron chi connectivity index (χ0n) is 8.82. The van der Waals surface area contributed by atoms with Crippen molar-refractivity contribution in [3.63, 3.8) is 0 Å². The van der Waals surface area contributed by atoms with Crippen LogP contribution in [0.15, 0.2) is 30.6 Å². The number of hydrogen-bond donors (Lipinski definition) is 1. The van der Waals surface area contributed by atoms with Crippen LogP contribution in [-0.2, 0) is 0 Å². The van der Waals surface area contributed by atoms with E-state index >= 15 is 0 Å². The van der Waals surface area contributed by atoms with E-state index in [9.17, 15) is 4.79 Å². The van der Waals surface area contributed by atoms with E-state index in [1.807, 2.05) is 0 Å². The summed E-state index contributed by atoms with van der Waals surface area (Å²) in [5.41, 5.74) is 0.848. The average Bonchev–Trinajstić information content (AvgIpc) is 2.28. The standard InChI is InChI=1S/C12H6Cl3NO2/c13-6-3-9(14)11(10(15)4-6)8-5-16-2-1-7(8)12(17)18/h1-5H,(H,17,18). The summed E-state index contributed by atoms with van der Waals surface area (Å²) in [5.74, 6) is -1.07. The van der Waals surface area contributed by atoms with E-state index in [1.165, 1.54) is 30.6 Å². The topological polar surface area (TPSA) is 50.2 Å². The Hall–Kier alpha value is -1.29. The van der Waals surface area contributed by atoms with Crippen molar-refractivity contribution >= 4 is 40.8 Å². The molecule has 2 rings (SSSR count). The van der Waals surface area contributed by atoms with Crippen LogP contribution >= 0.6 is 34.8 Å². The van der Waals surface area contributed by atoms with Gasteiger partial charge in [-0.2, -0.15) is 0 Å². The molecule has 18 heavy (non-hydrogen) atoms. The number of rotatable bonds is 2. The van der Waals surface area contributed by atoms with Crippen LogP contribution in [0.5, 0.6) is 0 Å². The highest BCUT2D eigenvalue weighted by molar-refractivity contribution is 6.42. The summed E-state index contributed by atoms with van der Waals surface area (Å²) < 4.78 is 0. The van der Waals surface area contributed by atoms with Crippen LogP contribution in [0, 0.1) is 0 Å². The molecular formula is C12H6Cl3NO2. The highest BCUT2D eigenvalue weighted by Crippen LogP contribution is 2.38. The molecule has 0 amide bonds. The first-order chi connectivity index (χ1) is 8.50. The Bertz CT molecular complexity index is 605. The molecular weight excluding hydrogens is 296 g/mol. The van der Waals surface area contributed by atoms with Crippen LogP contribution in [0.2, 0.25) is 15.1 Å². The zero-order valence-corrected chi connectivity index (χ0v) is 11.1. The number of halogens is 3. The fourth-order valence-electron chi connectivity index (χ4n) is 1.58. The largest absolute Gasteiger partial charge is 0.478 e. The molecule has 3 nitrogen and oxygen atoms in total. The summed E-state index contributed by atoms with van der Waals surface area (Å²) in [5, 5.41) is 10.1. The number of carbonyl (C=O) groups is 1. The number of aromatic carboxylic acids is 1. The molecule has 0 unspecified atom stereocenters. The Morgan fingerprint density at radius 1 is 1.17 bits per heavy atom. The fraction of sp³-hybridized carbons (Fsp3) is 0. The lowest BCUT2D eigenvalue weighted by atomic mass is 10.0. The van der Waals surface area contributed by atoms with Crippen LogP contribution < -0.4 is 0 Å². The molecule has 0 bridgehead atoms. The third-order valence-corrected chi connectivity index (χ3v) is 3.14. The van der Waals surface area contributed by atoms with E-state index in [1.54, 1.807) is 0 Å². The van der Waals surface area contributed by atoms with E-state index in [0.29, 0.717) is 16.1 Å². The maximum atomic E-state index is 11.1. The number of carboxylic acids is 1. The summed E-state index contributed by atoms with van der Waals surface area (Å²) in [6.45, 7) is 0. The highest BCUT2D eigenvalue weighted by atomic mass is 35.5. The second kappa shape index (κ2) is 5.14. The molecule has 0 spiro atoms. The third kappa shape index (κ3) is 2.43. The van der Waals surface area contributed by atoms with Crippen molar-refractivity contribution in [2.45, 2.75) is 0 Å². The van der Waals surface area contributed by atoms with Gasteiger partial charge in [0.1, 0.15) is 0 Å². The number of nitrogens with zero attached hydrogens (tertiary/aromatic N) is 1. The maximum Gasteiger partial charge on any atom is 0.336 e. The fourth-order valence-corrected chi connectivity index (χ4v) is 2.60. The predicted octanol–water partition coefficient (Wildman–Crippen LogP) is 4.41. The lowest BCUT2D eigenvalue weighted by molar-refractivity contribution is 0.0697. The van der Waals surface area contributed by atoms with Crippen LogP contribution in [0.25, 0.3) is 11.1 Å². The molecule has 0 atom stereocenters. The first-order valence-corrected chi connectivity index (χ1v) is 5.96. The molecule has 0 radical (unpaired) electrons. The van der Waals surface area contributed by atoms with Crippen LogP contribution in [0.4, 0.5) is 0 Å². The Balaban J connectivity index is 2.74. The summed E-state index contributed by atoms with van der Waals surface area (Å²) in [4.78, 5) is 15.0. The number of aromatic nitrogens is 1. The second-order valence-corrected chi connectivity index (χ2v) is 4.72. The minimum atomic E-state index is -1.07. The number of benzene rings is 1. The summed E-state index contributed by atoms with van der Waals surface area (Å²) in [6.07, 6.45) is 2.80. The number of pyridine rings is 1. The van der Waals surface area contributed by atoms with Crippen molar-refractivity contribution in [3.8, 4) is 11.1 Å². The SMILES string of the molecule is O=C(O)c1ccncc1-c1c(Cl)cc(Cl)cc1Cl. The van der Waals surface area contributed by atoms with E-state index in [0.717, 1.165) is 0 Å². The van der Waals surface area contributed by atoms with E-state index < -0.39 is 5.97 Å². The molecule has 0 aliphatic carbocycles. The van der Waals surface area contributed by atoms with Gasteiger partial charge in [-0.1, -0.05) is 34.8 Å². The van der Waals surface area contributed by atoms with Gasteiger partial charge in [0.15, 0.2) is 0 Å². The summed E-state index contributed by atoms with van der Waals surface area (Å²) in [6, 6.07) is 4.39. The Morgan fingerprint density at radius 3 is 2.33 bits per heavy atom. The maximum absolute atomic E-state index is 11.1. The summed E-state index contributed by atoms with van der Waals surface area (Å²) in [7, 11) is 0. The van der Waals surface area contributed by atoms with Crippen LogP contribution in [-0.4, -0.2) is 16.1 Å². The van der Waals surface area contributed by atoms with Gasteiger partial charge < -0.3 is 5.11 Å². The van der Waals surface area contributed by atoms with Crippen molar-refractivity contribution in [1.82, 2.24) is 4.98 Å². The van der Waals surface area contributed by atoms with Crippen LogP contribution in [0.3, 0.4) is 0 Å². The molecule has 0 aliphatic rings. The van der Waals surface area contributed by atoms with Gasteiger partial charge in [0.2, 0.25) is 0 Å². The minimum absolute atomic E-state index is 0.0797.